The van der Waals surface area contributed by atoms with Gasteiger partial charge in [0.2, 0.25) is 0 Å². The first-order valence-corrected chi connectivity index (χ1v) is 9.84. The summed E-state index contributed by atoms with van der Waals surface area (Å²) in [6, 6.07) is 3.20. The fourth-order valence-corrected chi connectivity index (χ4v) is 5.15. The molecule has 3 aliphatic rings. The Morgan fingerprint density at radius 3 is 2.79 bits per heavy atom. The highest BCUT2D eigenvalue weighted by atomic mass is 19.1. The molecule has 6 rings (SSSR count). The van der Waals surface area contributed by atoms with Crippen LogP contribution < -0.4 is 5.56 Å². The number of nitrogens with zero attached hydrogens (tertiary/aromatic N) is 2. The van der Waals surface area contributed by atoms with Crippen LogP contribution in [0.1, 0.15) is 45.9 Å². The van der Waals surface area contributed by atoms with Gasteiger partial charge in [0.25, 0.3) is 5.56 Å². The second-order valence-electron chi connectivity index (χ2n) is 8.13. The van der Waals surface area contributed by atoms with Gasteiger partial charge < -0.3 is 19.5 Å². The van der Waals surface area contributed by atoms with E-state index in [1.165, 1.54) is 6.07 Å². The highest BCUT2D eigenvalue weighted by Gasteiger charge is 2.35. The van der Waals surface area contributed by atoms with E-state index in [0.29, 0.717) is 40.1 Å². The topological polar surface area (TPSA) is 84.6 Å². The van der Waals surface area contributed by atoms with E-state index in [4.69, 9.17) is 9.72 Å². The number of halogens is 1. The monoisotopic (exact) mass is 394 g/mol. The Kier molecular flexibility index (Phi) is 3.40. The lowest BCUT2D eigenvalue weighted by Gasteiger charge is -2.27. The third-order valence-electron chi connectivity index (χ3n) is 6.65. The number of aliphatic hydroxyl groups excluding tert-OH is 2. The lowest BCUT2D eigenvalue weighted by atomic mass is 9.85. The van der Waals surface area contributed by atoms with Crippen LogP contribution in [0.2, 0.25) is 0 Å². The quantitative estimate of drug-likeness (QED) is 0.478. The fraction of sp³-hybridized carbons (Fsp3) is 0.364. The largest absolute Gasteiger partial charge is 0.383 e. The van der Waals surface area contributed by atoms with Crippen LogP contribution in [0.3, 0.4) is 0 Å². The number of hydrogen-bond donors (Lipinski definition) is 2. The summed E-state index contributed by atoms with van der Waals surface area (Å²) >= 11 is 0. The van der Waals surface area contributed by atoms with Gasteiger partial charge in [-0.15, -0.1) is 0 Å². The number of pyridine rings is 2. The number of hydrogen-bond acceptors (Lipinski definition) is 5. The minimum Gasteiger partial charge on any atom is -0.383 e. The van der Waals surface area contributed by atoms with Gasteiger partial charge in [0, 0.05) is 22.6 Å². The molecule has 2 unspecified atom stereocenters. The zero-order chi connectivity index (χ0) is 20.0. The second kappa shape index (κ2) is 5.72. The molecule has 4 heterocycles. The molecule has 0 saturated carbocycles. The lowest BCUT2D eigenvalue weighted by Crippen LogP contribution is -2.34. The molecule has 148 valence electrons. The van der Waals surface area contributed by atoms with Crippen molar-refractivity contribution in [1.29, 1.82) is 0 Å². The highest BCUT2D eigenvalue weighted by Crippen LogP contribution is 2.42. The first-order chi connectivity index (χ1) is 14.0. The van der Waals surface area contributed by atoms with Gasteiger partial charge in [-0.25, -0.2) is 9.37 Å². The molecule has 0 bridgehead atoms. The molecule has 0 amide bonds. The van der Waals surface area contributed by atoms with Crippen molar-refractivity contribution in [2.24, 2.45) is 0 Å². The van der Waals surface area contributed by atoms with Crippen LogP contribution in [0.15, 0.2) is 16.9 Å². The molecule has 0 fully saturated rings. The Bertz CT molecular complexity index is 1300. The summed E-state index contributed by atoms with van der Waals surface area (Å²) < 4.78 is 21.3. The molecular formula is C22H19FN2O4. The number of ether oxygens (including phenoxy) is 1. The summed E-state index contributed by atoms with van der Waals surface area (Å²) in [5.41, 5.74) is 6.21. The smallest absolute Gasteiger partial charge is 0.257 e. The maximum absolute atomic E-state index is 14.5. The van der Waals surface area contributed by atoms with E-state index in [1.54, 1.807) is 10.6 Å². The number of rotatable bonds is 0. The summed E-state index contributed by atoms with van der Waals surface area (Å²) in [6.07, 6.45) is -0.0191. The average Bonchev–Trinajstić information content (AvgIpc) is 3.08. The van der Waals surface area contributed by atoms with Crippen molar-refractivity contribution in [3.63, 3.8) is 0 Å². The fourth-order valence-electron chi connectivity index (χ4n) is 5.15. The molecule has 2 N–H and O–H groups in total. The first-order valence-electron chi connectivity index (χ1n) is 9.84. The predicted octanol–water partition coefficient (Wildman–Crippen LogP) is 2.24. The summed E-state index contributed by atoms with van der Waals surface area (Å²) in [6.45, 7) is 2.18. The Balaban J connectivity index is 1.67. The van der Waals surface area contributed by atoms with Crippen LogP contribution in [-0.4, -0.2) is 26.1 Å². The van der Waals surface area contributed by atoms with Gasteiger partial charge >= 0.3 is 0 Å². The molecular weight excluding hydrogens is 375 g/mol. The summed E-state index contributed by atoms with van der Waals surface area (Å²) in [5.74, 6) is -0.260. The number of aromatic nitrogens is 2. The SMILES string of the molecule is Cc1c(F)cc2nc3c(c4c2c1CCC4)Cn1c-3cc2c(c1=O)COC(O)C2O. The van der Waals surface area contributed by atoms with Crippen molar-refractivity contribution in [1.82, 2.24) is 9.55 Å². The third kappa shape index (κ3) is 2.15. The van der Waals surface area contributed by atoms with E-state index in [2.05, 4.69) is 0 Å². The number of aryl methyl sites for hydroxylation is 2. The average molecular weight is 394 g/mol. The summed E-state index contributed by atoms with van der Waals surface area (Å²) in [7, 11) is 0. The maximum atomic E-state index is 14.5. The van der Waals surface area contributed by atoms with Crippen LogP contribution in [0, 0.1) is 12.7 Å². The van der Waals surface area contributed by atoms with Crippen LogP contribution >= 0.6 is 0 Å². The molecule has 6 nitrogen and oxygen atoms in total. The van der Waals surface area contributed by atoms with Crippen molar-refractivity contribution in [3.05, 3.63) is 61.7 Å². The van der Waals surface area contributed by atoms with Crippen molar-refractivity contribution in [2.45, 2.75) is 51.7 Å². The molecule has 29 heavy (non-hydrogen) atoms. The number of aliphatic hydroxyl groups is 2. The molecule has 1 aromatic carbocycles. The van der Waals surface area contributed by atoms with Crippen molar-refractivity contribution < 1.29 is 19.3 Å². The summed E-state index contributed by atoms with van der Waals surface area (Å²) in [4.78, 5) is 17.9. The third-order valence-corrected chi connectivity index (χ3v) is 6.65. The van der Waals surface area contributed by atoms with Gasteiger partial charge in [-0.2, -0.15) is 0 Å². The van der Waals surface area contributed by atoms with E-state index in [1.807, 2.05) is 6.92 Å². The minimum absolute atomic E-state index is 0.0418. The molecule has 0 saturated heterocycles. The molecule has 3 aromatic rings. The van der Waals surface area contributed by atoms with E-state index < -0.39 is 12.4 Å². The second-order valence-corrected chi connectivity index (χ2v) is 8.13. The summed E-state index contributed by atoms with van der Waals surface area (Å²) in [5, 5.41) is 21.2. The zero-order valence-corrected chi connectivity index (χ0v) is 15.8. The Morgan fingerprint density at radius 1 is 1.17 bits per heavy atom. The maximum Gasteiger partial charge on any atom is 0.257 e. The van der Waals surface area contributed by atoms with Crippen LogP contribution in [0.4, 0.5) is 4.39 Å². The van der Waals surface area contributed by atoms with Gasteiger partial charge in [0.15, 0.2) is 6.29 Å². The van der Waals surface area contributed by atoms with E-state index in [0.717, 1.165) is 41.3 Å². The van der Waals surface area contributed by atoms with Crippen molar-refractivity contribution in [2.75, 3.05) is 0 Å². The number of benzene rings is 1. The standard InChI is InChI=1S/C22H19FN2O4/c1-9-10-3-2-4-11-13-7-25-17(19(13)24-16(18(10)11)6-15(9)23)5-12-14(21(25)27)8-29-22(28)20(12)26/h5-6,20,22,26,28H,2-4,7-8H2,1H3. The normalized spacial score (nSPS) is 21.8. The molecule has 2 atom stereocenters. The molecule has 2 aliphatic heterocycles. The van der Waals surface area contributed by atoms with Gasteiger partial charge in [0.1, 0.15) is 11.9 Å². The molecule has 0 spiro atoms. The predicted molar refractivity (Wildman–Crippen MR) is 103 cm³/mol. The van der Waals surface area contributed by atoms with E-state index in [9.17, 15) is 19.4 Å². The van der Waals surface area contributed by atoms with Crippen LogP contribution in [0.5, 0.6) is 0 Å². The van der Waals surface area contributed by atoms with Gasteiger partial charge in [-0.05, 0) is 54.5 Å². The van der Waals surface area contributed by atoms with Crippen molar-refractivity contribution in [3.8, 4) is 11.4 Å². The lowest BCUT2D eigenvalue weighted by molar-refractivity contribution is -0.181. The van der Waals surface area contributed by atoms with Gasteiger partial charge in [-0.1, -0.05) is 0 Å². The molecule has 2 aromatic heterocycles. The van der Waals surface area contributed by atoms with Crippen molar-refractivity contribution >= 4 is 10.9 Å². The number of fused-ring (bicyclic) bond motifs is 5. The Labute approximate surface area is 165 Å². The van der Waals surface area contributed by atoms with Crippen LogP contribution in [0.25, 0.3) is 22.3 Å². The molecule has 7 heteroatoms. The first kappa shape index (κ1) is 17.3. The van der Waals surface area contributed by atoms with Crippen LogP contribution in [-0.2, 0) is 30.7 Å². The Hall–Kier alpha value is -2.61. The Morgan fingerprint density at radius 2 is 1.97 bits per heavy atom. The zero-order valence-electron chi connectivity index (χ0n) is 15.8. The highest BCUT2D eigenvalue weighted by molar-refractivity contribution is 5.92. The molecule has 1 aliphatic carbocycles. The van der Waals surface area contributed by atoms with Gasteiger partial charge in [-0.3, -0.25) is 4.79 Å². The molecule has 0 radical (unpaired) electrons. The van der Waals surface area contributed by atoms with Gasteiger partial charge in [0.05, 0.1) is 30.1 Å². The van der Waals surface area contributed by atoms with E-state index >= 15 is 0 Å². The minimum atomic E-state index is -1.36. The van der Waals surface area contributed by atoms with E-state index in [-0.39, 0.29) is 18.0 Å².